The highest BCUT2D eigenvalue weighted by Crippen LogP contribution is 2.27. The van der Waals surface area contributed by atoms with Crippen molar-refractivity contribution in [1.82, 2.24) is 4.98 Å². The van der Waals surface area contributed by atoms with E-state index in [1.807, 2.05) is 6.92 Å². The standard InChI is InChI=1S/C10H12BrF3N2/c1-3-16(6-10(12,13)14)9-8(11)4-7(2)5-15-9/h4-5H,3,6H2,1-2H3. The fourth-order valence-electron chi connectivity index (χ4n) is 1.31. The Kier molecular flexibility index (Phi) is 4.18. The van der Waals surface area contributed by atoms with Crippen molar-refractivity contribution in [3.63, 3.8) is 0 Å². The number of aromatic nitrogens is 1. The third-order valence-electron chi connectivity index (χ3n) is 2.01. The second-order valence-corrected chi connectivity index (χ2v) is 4.30. The van der Waals surface area contributed by atoms with E-state index in [0.717, 1.165) is 5.56 Å². The fraction of sp³-hybridized carbons (Fsp3) is 0.500. The SMILES string of the molecule is CCN(CC(F)(F)F)c1ncc(C)cc1Br. The van der Waals surface area contributed by atoms with Crippen LogP contribution < -0.4 is 4.90 Å². The molecule has 0 aliphatic carbocycles. The number of rotatable bonds is 3. The van der Waals surface area contributed by atoms with E-state index in [-0.39, 0.29) is 6.54 Å². The lowest BCUT2D eigenvalue weighted by Gasteiger charge is -2.24. The third kappa shape index (κ3) is 3.66. The van der Waals surface area contributed by atoms with Gasteiger partial charge >= 0.3 is 6.18 Å². The summed E-state index contributed by atoms with van der Waals surface area (Å²) in [5.74, 6) is 0.324. The maximum atomic E-state index is 12.3. The molecule has 2 nitrogen and oxygen atoms in total. The number of halogens is 4. The van der Waals surface area contributed by atoms with Crippen molar-refractivity contribution in [2.24, 2.45) is 0 Å². The molecule has 0 saturated heterocycles. The smallest absolute Gasteiger partial charge is 0.347 e. The summed E-state index contributed by atoms with van der Waals surface area (Å²) in [7, 11) is 0. The molecule has 16 heavy (non-hydrogen) atoms. The van der Waals surface area contributed by atoms with Crippen molar-refractivity contribution in [1.29, 1.82) is 0 Å². The zero-order valence-corrected chi connectivity index (χ0v) is 10.6. The van der Waals surface area contributed by atoms with Gasteiger partial charge in [-0.05, 0) is 41.4 Å². The van der Waals surface area contributed by atoms with Crippen molar-refractivity contribution in [2.45, 2.75) is 20.0 Å². The van der Waals surface area contributed by atoms with Crippen molar-refractivity contribution in [3.8, 4) is 0 Å². The first-order valence-electron chi connectivity index (χ1n) is 4.77. The Morgan fingerprint density at radius 1 is 1.44 bits per heavy atom. The van der Waals surface area contributed by atoms with Crippen molar-refractivity contribution < 1.29 is 13.2 Å². The number of alkyl halides is 3. The zero-order valence-electron chi connectivity index (χ0n) is 8.98. The molecule has 0 spiro atoms. The summed E-state index contributed by atoms with van der Waals surface area (Å²) in [6.45, 7) is 2.77. The summed E-state index contributed by atoms with van der Waals surface area (Å²) in [5, 5.41) is 0. The predicted molar refractivity (Wildman–Crippen MR) is 60.6 cm³/mol. The van der Waals surface area contributed by atoms with Gasteiger partial charge in [0, 0.05) is 12.7 Å². The van der Waals surface area contributed by atoms with E-state index in [0.29, 0.717) is 10.3 Å². The molecule has 0 saturated carbocycles. The van der Waals surface area contributed by atoms with Crippen molar-refractivity contribution in [2.75, 3.05) is 18.0 Å². The Labute approximate surface area is 101 Å². The van der Waals surface area contributed by atoms with Crippen LogP contribution >= 0.6 is 15.9 Å². The molecule has 0 aliphatic rings. The highest BCUT2D eigenvalue weighted by molar-refractivity contribution is 9.10. The van der Waals surface area contributed by atoms with E-state index < -0.39 is 12.7 Å². The van der Waals surface area contributed by atoms with Gasteiger partial charge in [0.05, 0.1) is 4.47 Å². The minimum Gasteiger partial charge on any atom is -0.347 e. The second kappa shape index (κ2) is 5.03. The van der Waals surface area contributed by atoms with Gasteiger partial charge in [0.15, 0.2) is 0 Å². The maximum absolute atomic E-state index is 12.3. The van der Waals surface area contributed by atoms with Crippen molar-refractivity contribution in [3.05, 3.63) is 22.3 Å². The number of nitrogens with zero attached hydrogens (tertiary/aromatic N) is 2. The van der Waals surface area contributed by atoms with E-state index in [2.05, 4.69) is 20.9 Å². The molecule has 0 unspecified atom stereocenters. The number of pyridine rings is 1. The molecular weight excluding hydrogens is 285 g/mol. The molecule has 1 rings (SSSR count). The summed E-state index contributed by atoms with van der Waals surface area (Å²) < 4.78 is 37.5. The minimum atomic E-state index is -4.22. The average molecular weight is 297 g/mol. The van der Waals surface area contributed by atoms with Crippen LogP contribution in [-0.2, 0) is 0 Å². The molecule has 90 valence electrons. The molecule has 1 aromatic rings. The summed E-state index contributed by atoms with van der Waals surface area (Å²) >= 11 is 3.22. The van der Waals surface area contributed by atoms with Gasteiger partial charge in [-0.1, -0.05) is 0 Å². The first-order chi connectivity index (χ1) is 7.33. The topological polar surface area (TPSA) is 16.1 Å². The van der Waals surface area contributed by atoms with E-state index in [1.165, 1.54) is 4.90 Å². The molecule has 0 aromatic carbocycles. The summed E-state index contributed by atoms with van der Waals surface area (Å²) in [6.07, 6.45) is -2.67. The Morgan fingerprint density at radius 2 is 2.06 bits per heavy atom. The van der Waals surface area contributed by atoms with Crippen LogP contribution in [0, 0.1) is 6.92 Å². The molecule has 0 bridgehead atoms. The van der Waals surface area contributed by atoms with E-state index in [1.54, 1.807) is 19.2 Å². The van der Waals surface area contributed by atoms with Crippen LogP contribution in [0.5, 0.6) is 0 Å². The maximum Gasteiger partial charge on any atom is 0.405 e. The van der Waals surface area contributed by atoms with Crippen LogP contribution in [0.2, 0.25) is 0 Å². The predicted octanol–water partition coefficient (Wildman–Crippen LogP) is 3.54. The van der Waals surface area contributed by atoms with Gasteiger partial charge in [-0.2, -0.15) is 13.2 Å². The first kappa shape index (κ1) is 13.3. The van der Waals surface area contributed by atoms with Crippen LogP contribution in [-0.4, -0.2) is 24.2 Å². The lowest BCUT2D eigenvalue weighted by molar-refractivity contribution is -0.119. The van der Waals surface area contributed by atoms with Gasteiger partial charge in [0.2, 0.25) is 0 Å². The Balaban J connectivity index is 2.95. The normalized spacial score (nSPS) is 11.6. The molecule has 0 amide bonds. The van der Waals surface area contributed by atoms with Gasteiger partial charge in [-0.15, -0.1) is 0 Å². The second-order valence-electron chi connectivity index (χ2n) is 3.45. The molecule has 1 heterocycles. The Morgan fingerprint density at radius 3 is 2.50 bits per heavy atom. The molecule has 0 N–H and O–H groups in total. The lowest BCUT2D eigenvalue weighted by Crippen LogP contribution is -2.34. The van der Waals surface area contributed by atoms with Crippen molar-refractivity contribution >= 4 is 21.7 Å². The number of hydrogen-bond donors (Lipinski definition) is 0. The molecular formula is C10H12BrF3N2. The summed E-state index contributed by atoms with van der Waals surface area (Å²) in [5.41, 5.74) is 0.902. The van der Waals surface area contributed by atoms with Gasteiger partial charge in [-0.25, -0.2) is 4.98 Å². The largest absolute Gasteiger partial charge is 0.405 e. The Bertz CT molecular complexity index is 366. The van der Waals surface area contributed by atoms with E-state index in [4.69, 9.17) is 0 Å². The third-order valence-corrected chi connectivity index (χ3v) is 2.59. The van der Waals surface area contributed by atoms with Crippen LogP contribution in [0.3, 0.4) is 0 Å². The molecule has 6 heteroatoms. The Hall–Kier alpha value is -0.780. The van der Waals surface area contributed by atoms with Gasteiger partial charge in [0.1, 0.15) is 12.4 Å². The number of hydrogen-bond acceptors (Lipinski definition) is 2. The number of aryl methyl sites for hydroxylation is 1. The van der Waals surface area contributed by atoms with Crippen LogP contribution in [0.25, 0.3) is 0 Å². The highest BCUT2D eigenvalue weighted by atomic mass is 79.9. The van der Waals surface area contributed by atoms with Gasteiger partial charge in [-0.3, -0.25) is 0 Å². The van der Waals surface area contributed by atoms with Crippen LogP contribution in [0.15, 0.2) is 16.7 Å². The van der Waals surface area contributed by atoms with E-state index >= 15 is 0 Å². The molecule has 0 radical (unpaired) electrons. The van der Waals surface area contributed by atoms with Gasteiger partial charge < -0.3 is 4.90 Å². The molecule has 0 aliphatic heterocycles. The molecule has 1 aromatic heterocycles. The summed E-state index contributed by atoms with van der Waals surface area (Å²) in [6, 6.07) is 1.75. The van der Waals surface area contributed by atoms with Gasteiger partial charge in [0.25, 0.3) is 0 Å². The summed E-state index contributed by atoms with van der Waals surface area (Å²) in [4.78, 5) is 5.20. The molecule has 0 fully saturated rings. The lowest BCUT2D eigenvalue weighted by atomic mass is 10.3. The number of anilines is 1. The van der Waals surface area contributed by atoms with Crippen LogP contribution in [0.1, 0.15) is 12.5 Å². The monoisotopic (exact) mass is 296 g/mol. The van der Waals surface area contributed by atoms with Crippen LogP contribution in [0.4, 0.5) is 19.0 Å². The first-order valence-corrected chi connectivity index (χ1v) is 5.56. The molecule has 0 atom stereocenters. The minimum absolute atomic E-state index is 0.258. The van der Waals surface area contributed by atoms with E-state index in [9.17, 15) is 13.2 Å². The fourth-order valence-corrected chi connectivity index (χ4v) is 2.03. The zero-order chi connectivity index (χ0) is 12.3. The highest BCUT2D eigenvalue weighted by Gasteiger charge is 2.31. The average Bonchev–Trinajstić information content (AvgIpc) is 2.13. The quantitative estimate of drug-likeness (QED) is 0.848.